The number of carbonyl (C=O) groups is 2. The number of H-pyrrole nitrogens is 1. The van der Waals surface area contributed by atoms with Gasteiger partial charge in [-0.25, -0.2) is 0 Å². The number of primary amides is 1. The van der Waals surface area contributed by atoms with Gasteiger partial charge >= 0.3 is 0 Å². The summed E-state index contributed by atoms with van der Waals surface area (Å²) in [6.45, 7) is -0.00506. The number of nitrogens with two attached hydrogens (primary N) is 1. The minimum atomic E-state index is -0.520. The fourth-order valence-electron chi connectivity index (χ4n) is 3.57. The standard InChI is InChI=1S/C23H21N3O4/c1-30-16-4-2-3-13(9-16)15-10-18-17-6-5-14(22(24)28)12-20(17)26-21(18)19(11-15)23(29)25-7-8-27/h2-6,9-12,26-27H,7-8H2,1H3,(H2,24,28)(H,25,29). The van der Waals surface area contributed by atoms with Crippen LogP contribution in [-0.2, 0) is 0 Å². The van der Waals surface area contributed by atoms with Crippen molar-refractivity contribution in [3.05, 3.63) is 65.7 Å². The van der Waals surface area contributed by atoms with E-state index in [9.17, 15) is 9.59 Å². The molecule has 7 nitrogen and oxygen atoms in total. The molecule has 0 saturated heterocycles. The normalized spacial score (nSPS) is 11.0. The van der Waals surface area contributed by atoms with Crippen LogP contribution in [0.3, 0.4) is 0 Å². The zero-order valence-electron chi connectivity index (χ0n) is 16.4. The third kappa shape index (κ3) is 3.46. The average molecular weight is 403 g/mol. The monoisotopic (exact) mass is 403 g/mol. The summed E-state index contributed by atoms with van der Waals surface area (Å²) in [5, 5.41) is 13.5. The van der Waals surface area contributed by atoms with E-state index < -0.39 is 5.91 Å². The summed E-state index contributed by atoms with van der Waals surface area (Å²) in [6.07, 6.45) is 0. The van der Waals surface area contributed by atoms with Crippen molar-refractivity contribution in [3.8, 4) is 16.9 Å². The van der Waals surface area contributed by atoms with E-state index in [0.717, 1.165) is 21.9 Å². The van der Waals surface area contributed by atoms with Crippen LogP contribution in [0.25, 0.3) is 32.9 Å². The third-order valence-corrected chi connectivity index (χ3v) is 5.04. The van der Waals surface area contributed by atoms with Gasteiger partial charge in [0.05, 0.1) is 24.8 Å². The molecule has 152 valence electrons. The Kier molecular flexibility index (Phi) is 5.12. The van der Waals surface area contributed by atoms with Crippen LogP contribution in [0.15, 0.2) is 54.6 Å². The highest BCUT2D eigenvalue weighted by Gasteiger charge is 2.17. The van der Waals surface area contributed by atoms with Gasteiger partial charge < -0.3 is 25.9 Å². The van der Waals surface area contributed by atoms with Crippen molar-refractivity contribution in [2.45, 2.75) is 0 Å². The Bertz CT molecular complexity index is 1280. The highest BCUT2D eigenvalue weighted by atomic mass is 16.5. The van der Waals surface area contributed by atoms with Crippen molar-refractivity contribution in [1.82, 2.24) is 10.3 Å². The molecule has 4 rings (SSSR count). The first-order chi connectivity index (χ1) is 14.5. The molecule has 2 amide bonds. The topological polar surface area (TPSA) is 117 Å². The number of aliphatic hydroxyl groups excluding tert-OH is 1. The molecule has 5 N–H and O–H groups in total. The van der Waals surface area contributed by atoms with Crippen molar-refractivity contribution in [1.29, 1.82) is 0 Å². The lowest BCUT2D eigenvalue weighted by Gasteiger charge is -2.10. The van der Waals surface area contributed by atoms with Gasteiger partial charge in [0.25, 0.3) is 5.91 Å². The van der Waals surface area contributed by atoms with Crippen LogP contribution in [-0.4, -0.2) is 42.2 Å². The summed E-state index contributed by atoms with van der Waals surface area (Å²) in [5.41, 5.74) is 9.33. The van der Waals surface area contributed by atoms with E-state index in [-0.39, 0.29) is 19.1 Å². The molecule has 0 saturated carbocycles. The van der Waals surface area contributed by atoms with Gasteiger partial charge in [-0.3, -0.25) is 9.59 Å². The molecule has 0 spiro atoms. The number of hydrogen-bond acceptors (Lipinski definition) is 4. The maximum atomic E-state index is 12.8. The van der Waals surface area contributed by atoms with E-state index in [1.54, 1.807) is 25.3 Å². The molecule has 0 radical (unpaired) electrons. The Morgan fingerprint density at radius 2 is 1.90 bits per heavy atom. The molecule has 1 heterocycles. The molecule has 7 heteroatoms. The molecule has 0 unspecified atom stereocenters. The lowest BCUT2D eigenvalue weighted by Crippen LogP contribution is -2.26. The van der Waals surface area contributed by atoms with E-state index in [1.807, 2.05) is 36.4 Å². The second-order valence-electron chi connectivity index (χ2n) is 6.91. The Labute approximate surface area is 172 Å². The maximum absolute atomic E-state index is 12.8. The van der Waals surface area contributed by atoms with Gasteiger partial charge in [-0.05, 0) is 47.5 Å². The Morgan fingerprint density at radius 1 is 1.07 bits per heavy atom. The molecule has 4 aromatic rings. The molecular weight excluding hydrogens is 382 g/mol. The Morgan fingerprint density at radius 3 is 2.63 bits per heavy atom. The lowest BCUT2D eigenvalue weighted by molar-refractivity contribution is 0.0945. The molecule has 0 aliphatic rings. The number of fused-ring (bicyclic) bond motifs is 3. The zero-order valence-corrected chi connectivity index (χ0v) is 16.4. The highest BCUT2D eigenvalue weighted by Crippen LogP contribution is 2.34. The van der Waals surface area contributed by atoms with E-state index in [2.05, 4.69) is 10.3 Å². The van der Waals surface area contributed by atoms with Crippen LogP contribution in [0.4, 0.5) is 0 Å². The molecule has 0 bridgehead atoms. The number of amides is 2. The molecule has 0 atom stereocenters. The summed E-state index contributed by atoms with van der Waals surface area (Å²) >= 11 is 0. The summed E-state index contributed by atoms with van der Waals surface area (Å²) < 4.78 is 5.33. The predicted molar refractivity (Wildman–Crippen MR) is 116 cm³/mol. The SMILES string of the molecule is COc1cccc(-c2cc(C(=O)NCCO)c3[nH]c4cc(C(N)=O)ccc4c3c2)c1. The van der Waals surface area contributed by atoms with E-state index in [1.165, 1.54) is 0 Å². The summed E-state index contributed by atoms with van der Waals surface area (Å²) in [6, 6.07) is 16.5. The van der Waals surface area contributed by atoms with Crippen LogP contribution in [0.1, 0.15) is 20.7 Å². The number of ether oxygens (including phenoxy) is 1. The van der Waals surface area contributed by atoms with Crippen molar-refractivity contribution < 1.29 is 19.4 Å². The first-order valence-corrected chi connectivity index (χ1v) is 9.44. The number of hydrogen-bond donors (Lipinski definition) is 4. The summed E-state index contributed by atoms with van der Waals surface area (Å²) in [7, 11) is 1.60. The number of methoxy groups -OCH3 is 1. The number of nitrogens with one attached hydrogen (secondary N) is 2. The molecule has 30 heavy (non-hydrogen) atoms. The largest absolute Gasteiger partial charge is 0.497 e. The van der Waals surface area contributed by atoms with E-state index in [4.69, 9.17) is 15.6 Å². The van der Waals surface area contributed by atoms with Crippen LogP contribution in [0.2, 0.25) is 0 Å². The number of carbonyl (C=O) groups excluding carboxylic acids is 2. The Balaban J connectivity index is 1.98. The molecule has 1 aromatic heterocycles. The minimum absolute atomic E-state index is 0.149. The van der Waals surface area contributed by atoms with Gasteiger partial charge in [0.1, 0.15) is 5.75 Å². The lowest BCUT2D eigenvalue weighted by atomic mass is 9.98. The van der Waals surface area contributed by atoms with Gasteiger partial charge in [-0.15, -0.1) is 0 Å². The Hall–Kier alpha value is -3.84. The fraction of sp³-hybridized carbons (Fsp3) is 0.130. The molecule has 3 aromatic carbocycles. The fourth-order valence-corrected chi connectivity index (χ4v) is 3.57. The number of aliphatic hydroxyl groups is 1. The minimum Gasteiger partial charge on any atom is -0.497 e. The summed E-state index contributed by atoms with van der Waals surface area (Å²) in [5.74, 6) is -0.113. The van der Waals surface area contributed by atoms with Crippen LogP contribution in [0, 0.1) is 0 Å². The first-order valence-electron chi connectivity index (χ1n) is 9.44. The number of aromatic amines is 1. The quantitative estimate of drug-likeness (QED) is 0.396. The molecule has 0 fully saturated rings. The molecule has 0 aliphatic carbocycles. The van der Waals surface area contributed by atoms with Gasteiger partial charge in [0, 0.05) is 28.4 Å². The smallest absolute Gasteiger partial charge is 0.253 e. The number of aromatic nitrogens is 1. The van der Waals surface area contributed by atoms with Crippen LogP contribution in [0.5, 0.6) is 5.75 Å². The maximum Gasteiger partial charge on any atom is 0.253 e. The van der Waals surface area contributed by atoms with Crippen molar-refractivity contribution in [2.75, 3.05) is 20.3 Å². The molecular formula is C23H21N3O4. The van der Waals surface area contributed by atoms with E-state index in [0.29, 0.717) is 27.9 Å². The van der Waals surface area contributed by atoms with Crippen LogP contribution >= 0.6 is 0 Å². The number of benzene rings is 3. The average Bonchev–Trinajstić information content (AvgIpc) is 3.14. The van der Waals surface area contributed by atoms with Crippen molar-refractivity contribution >= 4 is 33.6 Å². The highest BCUT2D eigenvalue weighted by molar-refractivity contribution is 6.17. The van der Waals surface area contributed by atoms with Gasteiger partial charge in [-0.2, -0.15) is 0 Å². The first kappa shape index (κ1) is 19.5. The van der Waals surface area contributed by atoms with Gasteiger partial charge in [0.15, 0.2) is 0 Å². The zero-order chi connectivity index (χ0) is 21.3. The summed E-state index contributed by atoms with van der Waals surface area (Å²) in [4.78, 5) is 27.6. The second-order valence-corrected chi connectivity index (χ2v) is 6.91. The van der Waals surface area contributed by atoms with Crippen LogP contribution < -0.4 is 15.8 Å². The van der Waals surface area contributed by atoms with Crippen molar-refractivity contribution in [3.63, 3.8) is 0 Å². The third-order valence-electron chi connectivity index (χ3n) is 5.04. The number of rotatable bonds is 6. The van der Waals surface area contributed by atoms with Crippen molar-refractivity contribution in [2.24, 2.45) is 5.73 Å². The second kappa shape index (κ2) is 7.88. The van der Waals surface area contributed by atoms with E-state index >= 15 is 0 Å². The van der Waals surface area contributed by atoms with Gasteiger partial charge in [-0.1, -0.05) is 18.2 Å². The predicted octanol–water partition coefficient (Wildman–Crippen LogP) is 2.82. The molecule has 0 aliphatic heterocycles. The van der Waals surface area contributed by atoms with Gasteiger partial charge in [0.2, 0.25) is 5.91 Å².